The number of amides is 2. The van der Waals surface area contributed by atoms with Crippen LogP contribution in [0.5, 0.6) is 5.75 Å². The van der Waals surface area contributed by atoms with E-state index in [4.69, 9.17) is 4.74 Å². The van der Waals surface area contributed by atoms with Crippen LogP contribution in [0.25, 0.3) is 10.2 Å². The van der Waals surface area contributed by atoms with Gasteiger partial charge in [-0.1, -0.05) is 23.5 Å². The predicted octanol–water partition coefficient (Wildman–Crippen LogP) is 2.88. The SMILES string of the molecule is O=C1COc2cc(C(=O)Nc3nc4ccccc4s3)ccc2N1. The first-order valence-electron chi connectivity index (χ1n) is 6.93. The smallest absolute Gasteiger partial charge is 0.262 e. The van der Waals surface area contributed by atoms with Crippen LogP contribution >= 0.6 is 11.3 Å². The van der Waals surface area contributed by atoms with E-state index in [1.807, 2.05) is 24.3 Å². The predicted molar refractivity (Wildman–Crippen MR) is 88.1 cm³/mol. The zero-order chi connectivity index (χ0) is 15.8. The zero-order valence-corrected chi connectivity index (χ0v) is 12.6. The number of carbonyl (C=O) groups excluding carboxylic acids is 2. The third-order valence-corrected chi connectivity index (χ3v) is 4.34. The van der Waals surface area contributed by atoms with Gasteiger partial charge in [0.05, 0.1) is 15.9 Å². The number of thiazole rings is 1. The number of nitrogens with zero attached hydrogens (tertiary/aromatic N) is 1. The molecule has 0 radical (unpaired) electrons. The molecule has 2 heterocycles. The molecule has 7 heteroatoms. The maximum Gasteiger partial charge on any atom is 0.262 e. The number of rotatable bonds is 2. The number of aromatic nitrogens is 1. The molecule has 2 aromatic carbocycles. The highest BCUT2D eigenvalue weighted by molar-refractivity contribution is 7.22. The lowest BCUT2D eigenvalue weighted by atomic mass is 10.1. The summed E-state index contributed by atoms with van der Waals surface area (Å²) in [5.41, 5.74) is 1.86. The molecule has 4 rings (SSSR count). The van der Waals surface area contributed by atoms with Gasteiger partial charge in [0.25, 0.3) is 11.8 Å². The van der Waals surface area contributed by atoms with Crippen LogP contribution in [0.4, 0.5) is 10.8 Å². The molecule has 0 spiro atoms. The van der Waals surface area contributed by atoms with Gasteiger partial charge >= 0.3 is 0 Å². The highest BCUT2D eigenvalue weighted by Gasteiger charge is 2.18. The molecule has 1 aliphatic rings. The van der Waals surface area contributed by atoms with Crippen molar-refractivity contribution < 1.29 is 14.3 Å². The van der Waals surface area contributed by atoms with Crippen LogP contribution in [0, 0.1) is 0 Å². The van der Waals surface area contributed by atoms with E-state index in [0.29, 0.717) is 22.1 Å². The average molecular weight is 325 g/mol. The lowest BCUT2D eigenvalue weighted by Crippen LogP contribution is -2.25. The van der Waals surface area contributed by atoms with Gasteiger partial charge in [0.1, 0.15) is 5.75 Å². The van der Waals surface area contributed by atoms with E-state index >= 15 is 0 Å². The van der Waals surface area contributed by atoms with Gasteiger partial charge in [-0.3, -0.25) is 14.9 Å². The quantitative estimate of drug-likeness (QED) is 0.759. The minimum atomic E-state index is -0.271. The lowest BCUT2D eigenvalue weighted by molar-refractivity contribution is -0.118. The Morgan fingerprint density at radius 2 is 2.13 bits per heavy atom. The summed E-state index contributed by atoms with van der Waals surface area (Å²) in [6, 6.07) is 12.6. The Balaban J connectivity index is 1.58. The summed E-state index contributed by atoms with van der Waals surface area (Å²) in [6.07, 6.45) is 0. The van der Waals surface area contributed by atoms with Gasteiger partial charge in [0.15, 0.2) is 11.7 Å². The topological polar surface area (TPSA) is 80.3 Å². The van der Waals surface area contributed by atoms with Crippen molar-refractivity contribution >= 4 is 44.2 Å². The van der Waals surface area contributed by atoms with Crippen LogP contribution in [0.1, 0.15) is 10.4 Å². The first-order valence-corrected chi connectivity index (χ1v) is 7.74. The summed E-state index contributed by atoms with van der Waals surface area (Å²) in [7, 11) is 0. The minimum Gasteiger partial charge on any atom is -0.482 e. The fourth-order valence-electron chi connectivity index (χ4n) is 2.31. The summed E-state index contributed by atoms with van der Waals surface area (Å²) in [4.78, 5) is 28.0. The van der Waals surface area contributed by atoms with Gasteiger partial charge < -0.3 is 10.1 Å². The molecular weight excluding hydrogens is 314 g/mol. The first kappa shape index (κ1) is 13.7. The van der Waals surface area contributed by atoms with Gasteiger partial charge in [-0.15, -0.1) is 0 Å². The molecule has 0 fully saturated rings. The standard InChI is InChI=1S/C16H11N3O3S/c20-14-8-22-12-7-9(5-6-10(12)17-14)15(21)19-16-18-11-3-1-2-4-13(11)23-16/h1-7H,8H2,(H,17,20)(H,18,19,21). The van der Waals surface area contributed by atoms with E-state index in [1.165, 1.54) is 11.3 Å². The average Bonchev–Trinajstić information content (AvgIpc) is 2.96. The van der Waals surface area contributed by atoms with E-state index in [-0.39, 0.29) is 18.4 Å². The molecule has 0 unspecified atom stereocenters. The Kier molecular flexibility index (Phi) is 3.20. The number of nitrogens with one attached hydrogen (secondary N) is 2. The highest BCUT2D eigenvalue weighted by Crippen LogP contribution is 2.30. The molecular formula is C16H11N3O3S. The van der Waals surface area contributed by atoms with Crippen molar-refractivity contribution in [1.29, 1.82) is 0 Å². The summed E-state index contributed by atoms with van der Waals surface area (Å²) in [6.45, 7) is -0.0457. The second-order valence-corrected chi connectivity index (χ2v) is 6.02. The Morgan fingerprint density at radius 3 is 3.00 bits per heavy atom. The van der Waals surface area contributed by atoms with Crippen LogP contribution in [-0.4, -0.2) is 23.4 Å². The summed E-state index contributed by atoms with van der Waals surface area (Å²) in [5.74, 6) is 0.0121. The summed E-state index contributed by atoms with van der Waals surface area (Å²) < 4.78 is 6.33. The van der Waals surface area contributed by atoms with Crippen molar-refractivity contribution in [3.63, 3.8) is 0 Å². The highest BCUT2D eigenvalue weighted by atomic mass is 32.1. The monoisotopic (exact) mass is 325 g/mol. The van der Waals surface area contributed by atoms with Crippen LogP contribution in [-0.2, 0) is 4.79 Å². The maximum absolute atomic E-state index is 12.4. The molecule has 3 aromatic rings. The molecule has 2 N–H and O–H groups in total. The van der Waals surface area contributed by atoms with Crippen molar-refractivity contribution in [2.24, 2.45) is 0 Å². The van der Waals surface area contributed by atoms with Crippen molar-refractivity contribution in [2.45, 2.75) is 0 Å². The number of para-hydroxylation sites is 1. The number of anilines is 2. The van der Waals surface area contributed by atoms with Crippen LogP contribution in [0.2, 0.25) is 0 Å². The molecule has 0 atom stereocenters. The fourth-order valence-corrected chi connectivity index (χ4v) is 3.17. The normalized spacial score (nSPS) is 13.1. The van der Waals surface area contributed by atoms with Crippen molar-refractivity contribution in [3.8, 4) is 5.75 Å². The molecule has 0 saturated carbocycles. The van der Waals surface area contributed by atoms with Crippen molar-refractivity contribution in [1.82, 2.24) is 4.98 Å². The zero-order valence-electron chi connectivity index (χ0n) is 11.8. The molecule has 1 aromatic heterocycles. The number of hydrogen-bond acceptors (Lipinski definition) is 5. The Morgan fingerprint density at radius 1 is 1.26 bits per heavy atom. The number of ether oxygens (including phenoxy) is 1. The maximum atomic E-state index is 12.4. The molecule has 114 valence electrons. The molecule has 23 heavy (non-hydrogen) atoms. The van der Waals surface area contributed by atoms with Gasteiger partial charge in [0, 0.05) is 5.56 Å². The molecule has 1 aliphatic heterocycles. The minimum absolute atomic E-state index is 0.0457. The van der Waals surface area contributed by atoms with Gasteiger partial charge in [-0.05, 0) is 30.3 Å². The first-order chi connectivity index (χ1) is 11.2. The molecule has 0 bridgehead atoms. The van der Waals surface area contributed by atoms with Gasteiger partial charge in [-0.2, -0.15) is 0 Å². The molecule has 2 amide bonds. The van der Waals surface area contributed by atoms with Crippen LogP contribution in [0.3, 0.4) is 0 Å². The number of hydrogen-bond donors (Lipinski definition) is 2. The summed E-state index contributed by atoms with van der Waals surface area (Å²) in [5, 5.41) is 6.02. The fraction of sp³-hybridized carbons (Fsp3) is 0.0625. The second kappa shape index (κ2) is 5.36. The van der Waals surface area contributed by atoms with Crippen LogP contribution in [0.15, 0.2) is 42.5 Å². The largest absolute Gasteiger partial charge is 0.482 e. The molecule has 0 aliphatic carbocycles. The van der Waals surface area contributed by atoms with E-state index in [2.05, 4.69) is 15.6 Å². The molecule has 6 nitrogen and oxygen atoms in total. The number of benzene rings is 2. The van der Waals surface area contributed by atoms with Crippen molar-refractivity contribution in [2.75, 3.05) is 17.2 Å². The summed E-state index contributed by atoms with van der Waals surface area (Å²) >= 11 is 1.42. The Labute approximate surface area is 135 Å². The van der Waals surface area contributed by atoms with E-state index in [0.717, 1.165) is 10.2 Å². The van der Waals surface area contributed by atoms with Crippen molar-refractivity contribution in [3.05, 3.63) is 48.0 Å². The Hall–Kier alpha value is -2.93. The van der Waals surface area contributed by atoms with Gasteiger partial charge in [-0.25, -0.2) is 4.98 Å². The third kappa shape index (κ3) is 2.62. The van der Waals surface area contributed by atoms with E-state index in [1.54, 1.807) is 18.2 Å². The lowest BCUT2D eigenvalue weighted by Gasteiger charge is -2.18. The Bertz CT molecular complexity index is 902. The second-order valence-electron chi connectivity index (χ2n) is 4.99. The van der Waals surface area contributed by atoms with E-state index in [9.17, 15) is 9.59 Å². The van der Waals surface area contributed by atoms with Gasteiger partial charge in [0.2, 0.25) is 0 Å². The third-order valence-electron chi connectivity index (χ3n) is 3.39. The number of fused-ring (bicyclic) bond motifs is 2. The number of carbonyl (C=O) groups is 2. The van der Waals surface area contributed by atoms with E-state index < -0.39 is 0 Å². The molecule has 0 saturated heterocycles. The van der Waals surface area contributed by atoms with Crippen LogP contribution < -0.4 is 15.4 Å².